The summed E-state index contributed by atoms with van der Waals surface area (Å²) in [5.74, 6) is -2.50. The van der Waals surface area contributed by atoms with Gasteiger partial charge in [0.15, 0.2) is 5.78 Å². The Balaban J connectivity index is 1.73. The van der Waals surface area contributed by atoms with E-state index in [1.165, 1.54) is 12.1 Å². The number of hydrogen-bond donors (Lipinski definition) is 2. The number of carbonyl (C=O) groups excluding carboxylic acids is 3. The Morgan fingerprint density at radius 3 is 2.68 bits per heavy atom. The molecule has 1 spiro atoms. The molecule has 0 saturated carbocycles. The SMILES string of the molecule is CCOC(=O)C1=C(N)OC2=C(C(=O)C[C@H](c3ccc(F)cc3)C2)[C@@]12C(=O)Nc1ccc(Br)cc12. The zero-order chi connectivity index (χ0) is 24.2. The van der Waals surface area contributed by atoms with Gasteiger partial charge in [-0.2, -0.15) is 0 Å². The molecule has 0 fully saturated rings. The van der Waals surface area contributed by atoms with Crippen molar-refractivity contribution >= 4 is 39.3 Å². The smallest absolute Gasteiger partial charge is 0.341 e. The molecular formula is C25H20BrFN2O5. The van der Waals surface area contributed by atoms with Gasteiger partial charge in [0.1, 0.15) is 22.6 Å². The van der Waals surface area contributed by atoms with Crippen molar-refractivity contribution in [2.75, 3.05) is 11.9 Å². The molecule has 2 aromatic rings. The van der Waals surface area contributed by atoms with Crippen LogP contribution in [0.3, 0.4) is 0 Å². The molecule has 0 bridgehead atoms. The van der Waals surface area contributed by atoms with Crippen LogP contribution >= 0.6 is 15.9 Å². The van der Waals surface area contributed by atoms with Crippen LogP contribution in [-0.4, -0.2) is 24.3 Å². The number of ether oxygens (including phenoxy) is 2. The topological polar surface area (TPSA) is 108 Å². The number of anilines is 1. The maximum absolute atomic E-state index is 13.7. The summed E-state index contributed by atoms with van der Waals surface area (Å²) in [5, 5.41) is 2.79. The summed E-state index contributed by atoms with van der Waals surface area (Å²) in [5.41, 5.74) is 5.96. The van der Waals surface area contributed by atoms with Crippen LogP contribution in [0.1, 0.15) is 36.8 Å². The van der Waals surface area contributed by atoms with Crippen molar-refractivity contribution in [3.8, 4) is 0 Å². The van der Waals surface area contributed by atoms with Crippen LogP contribution in [0.15, 0.2) is 69.7 Å². The fourth-order valence-corrected chi connectivity index (χ4v) is 5.44. The maximum Gasteiger partial charge on any atom is 0.341 e. The van der Waals surface area contributed by atoms with E-state index in [-0.39, 0.29) is 59.8 Å². The molecular weight excluding hydrogens is 507 g/mol. The third-order valence-electron chi connectivity index (χ3n) is 6.45. The second kappa shape index (κ2) is 8.09. The number of hydrogen-bond acceptors (Lipinski definition) is 6. The lowest BCUT2D eigenvalue weighted by molar-refractivity contribution is -0.141. The van der Waals surface area contributed by atoms with Crippen LogP contribution in [0.2, 0.25) is 0 Å². The van der Waals surface area contributed by atoms with Gasteiger partial charge in [0.25, 0.3) is 0 Å². The summed E-state index contributed by atoms with van der Waals surface area (Å²) in [4.78, 5) is 40.5. The third kappa shape index (κ3) is 3.18. The van der Waals surface area contributed by atoms with Gasteiger partial charge >= 0.3 is 5.97 Å². The van der Waals surface area contributed by atoms with Crippen molar-refractivity contribution < 1.29 is 28.2 Å². The highest BCUT2D eigenvalue weighted by Crippen LogP contribution is 2.56. The van der Waals surface area contributed by atoms with Crippen LogP contribution in [0.4, 0.5) is 10.1 Å². The van der Waals surface area contributed by atoms with Gasteiger partial charge in [0.2, 0.25) is 11.8 Å². The Morgan fingerprint density at radius 2 is 1.97 bits per heavy atom. The van der Waals surface area contributed by atoms with Gasteiger partial charge in [-0.25, -0.2) is 9.18 Å². The van der Waals surface area contributed by atoms with Crippen molar-refractivity contribution in [2.24, 2.45) is 5.73 Å². The minimum absolute atomic E-state index is 0.0468. The molecule has 1 aliphatic carbocycles. The first-order chi connectivity index (χ1) is 16.3. The molecule has 3 aliphatic rings. The van der Waals surface area contributed by atoms with Gasteiger partial charge in [0.05, 0.1) is 12.2 Å². The van der Waals surface area contributed by atoms with Crippen LogP contribution in [-0.2, 0) is 29.3 Å². The average molecular weight is 527 g/mol. The molecule has 7 nitrogen and oxygen atoms in total. The molecule has 0 radical (unpaired) electrons. The standard InChI is InChI=1S/C25H20BrFN2O5/c1-2-33-23(31)21-22(28)34-19-10-13(12-3-6-15(27)7-4-12)9-18(30)20(19)25(21)16-11-14(26)5-8-17(16)29-24(25)32/h3-8,11,13H,2,9-10,28H2,1H3,(H,29,32)/t13-,25+/m0/s1. The Kier molecular flexibility index (Phi) is 5.31. The molecule has 2 atom stereocenters. The van der Waals surface area contributed by atoms with Crippen molar-refractivity contribution in [1.82, 2.24) is 0 Å². The van der Waals surface area contributed by atoms with E-state index in [2.05, 4.69) is 21.2 Å². The van der Waals surface area contributed by atoms with E-state index in [4.69, 9.17) is 15.2 Å². The van der Waals surface area contributed by atoms with E-state index >= 15 is 0 Å². The Bertz CT molecular complexity index is 1320. The van der Waals surface area contributed by atoms with Gasteiger partial charge in [-0.3, -0.25) is 9.59 Å². The number of Topliss-reactive ketones (excluding diaryl/α,β-unsaturated/α-hetero) is 1. The number of halogens is 2. The second-order valence-electron chi connectivity index (χ2n) is 8.33. The van der Waals surface area contributed by atoms with Gasteiger partial charge in [-0.05, 0) is 48.7 Å². The van der Waals surface area contributed by atoms with Crippen LogP contribution in [0, 0.1) is 5.82 Å². The molecule has 5 rings (SSSR count). The first kappa shape index (κ1) is 22.3. The van der Waals surface area contributed by atoms with E-state index in [9.17, 15) is 18.8 Å². The number of carbonyl (C=O) groups is 3. The molecule has 2 aromatic carbocycles. The average Bonchev–Trinajstić information content (AvgIpc) is 3.05. The highest BCUT2D eigenvalue weighted by molar-refractivity contribution is 9.10. The molecule has 2 aliphatic heterocycles. The van der Waals surface area contributed by atoms with Gasteiger partial charge in [-0.15, -0.1) is 0 Å². The van der Waals surface area contributed by atoms with Crippen LogP contribution in [0.5, 0.6) is 0 Å². The van der Waals surface area contributed by atoms with Crippen molar-refractivity contribution in [3.05, 3.63) is 86.7 Å². The molecule has 0 aromatic heterocycles. The number of nitrogens with two attached hydrogens (primary N) is 1. The molecule has 34 heavy (non-hydrogen) atoms. The van der Waals surface area contributed by atoms with Gasteiger partial charge < -0.3 is 20.5 Å². The number of ketones is 1. The summed E-state index contributed by atoms with van der Waals surface area (Å²) in [7, 11) is 0. The van der Waals surface area contributed by atoms with Crippen LogP contribution in [0.25, 0.3) is 0 Å². The zero-order valence-electron chi connectivity index (χ0n) is 18.1. The summed E-state index contributed by atoms with van der Waals surface area (Å²) < 4.78 is 25.2. The van der Waals surface area contributed by atoms with Crippen molar-refractivity contribution in [3.63, 3.8) is 0 Å². The molecule has 0 saturated heterocycles. The summed E-state index contributed by atoms with van der Waals surface area (Å²) in [6, 6.07) is 11.0. The predicted molar refractivity (Wildman–Crippen MR) is 124 cm³/mol. The monoisotopic (exact) mass is 526 g/mol. The number of allylic oxidation sites excluding steroid dienone is 1. The number of amides is 1. The fourth-order valence-electron chi connectivity index (χ4n) is 5.08. The lowest BCUT2D eigenvalue weighted by Gasteiger charge is -2.40. The fraction of sp³-hybridized carbons (Fsp3) is 0.240. The van der Waals surface area contributed by atoms with Gasteiger partial charge in [-0.1, -0.05) is 28.1 Å². The minimum atomic E-state index is -1.80. The van der Waals surface area contributed by atoms with Crippen molar-refractivity contribution in [2.45, 2.75) is 31.1 Å². The lowest BCUT2D eigenvalue weighted by atomic mass is 9.63. The number of esters is 1. The summed E-state index contributed by atoms with van der Waals surface area (Å²) >= 11 is 3.42. The number of benzene rings is 2. The molecule has 2 heterocycles. The number of rotatable bonds is 3. The zero-order valence-corrected chi connectivity index (χ0v) is 19.7. The third-order valence-corrected chi connectivity index (χ3v) is 6.94. The van der Waals surface area contributed by atoms with E-state index < -0.39 is 17.3 Å². The Hall–Kier alpha value is -3.46. The molecule has 1 amide bonds. The normalized spacial score (nSPS) is 23.4. The lowest BCUT2D eigenvalue weighted by Crippen LogP contribution is -2.49. The first-order valence-electron chi connectivity index (χ1n) is 10.8. The Morgan fingerprint density at radius 1 is 1.24 bits per heavy atom. The molecule has 0 unspecified atom stereocenters. The molecule has 9 heteroatoms. The van der Waals surface area contributed by atoms with E-state index in [0.29, 0.717) is 15.7 Å². The van der Waals surface area contributed by atoms with E-state index in [1.807, 2.05) is 0 Å². The van der Waals surface area contributed by atoms with E-state index in [1.54, 1.807) is 37.3 Å². The van der Waals surface area contributed by atoms with E-state index in [0.717, 1.165) is 5.56 Å². The highest BCUT2D eigenvalue weighted by Gasteiger charge is 2.62. The quantitative estimate of drug-likeness (QED) is 0.586. The molecule has 174 valence electrons. The maximum atomic E-state index is 13.7. The second-order valence-corrected chi connectivity index (χ2v) is 9.25. The summed E-state index contributed by atoms with van der Waals surface area (Å²) in [6.45, 7) is 1.68. The Labute approximate surface area is 202 Å². The van der Waals surface area contributed by atoms with Gasteiger partial charge in [0, 0.05) is 28.6 Å². The molecule has 3 N–H and O–H groups in total. The first-order valence-corrected chi connectivity index (χ1v) is 11.6. The van der Waals surface area contributed by atoms with Crippen molar-refractivity contribution in [1.29, 1.82) is 0 Å². The predicted octanol–water partition coefficient (Wildman–Crippen LogP) is 3.94. The van der Waals surface area contributed by atoms with Crippen LogP contribution < -0.4 is 11.1 Å². The number of nitrogens with one attached hydrogen (secondary N) is 1. The largest absolute Gasteiger partial charge is 0.462 e. The highest BCUT2D eigenvalue weighted by atomic mass is 79.9. The number of fused-ring (bicyclic) bond motifs is 3. The summed E-state index contributed by atoms with van der Waals surface area (Å²) in [6.07, 6.45) is 0.310. The minimum Gasteiger partial charge on any atom is -0.462 e.